The predicted molar refractivity (Wildman–Crippen MR) is 34.3 cm³/mol. The van der Waals surface area contributed by atoms with Crippen LogP contribution in [0.4, 0.5) is 0 Å². The zero-order valence-corrected chi connectivity index (χ0v) is 5.64. The van der Waals surface area contributed by atoms with Gasteiger partial charge < -0.3 is 5.21 Å². The van der Waals surface area contributed by atoms with Gasteiger partial charge in [-0.05, 0) is 12.8 Å². The summed E-state index contributed by atoms with van der Waals surface area (Å²) in [5, 5.41) is 10.3. The standard InChI is InChI=1S/C7H13NO/c9-8-5-7(6-8)3-1-2-4-7/h9H,1-6H2. The number of rotatable bonds is 0. The molecule has 1 aliphatic heterocycles. The molecule has 0 amide bonds. The van der Waals surface area contributed by atoms with Crippen molar-refractivity contribution in [3.63, 3.8) is 0 Å². The summed E-state index contributed by atoms with van der Waals surface area (Å²) in [6.07, 6.45) is 5.47. The Hall–Kier alpha value is -0.0800. The van der Waals surface area contributed by atoms with Crippen LogP contribution in [0.2, 0.25) is 0 Å². The second kappa shape index (κ2) is 1.70. The highest BCUT2D eigenvalue weighted by atomic mass is 16.5. The van der Waals surface area contributed by atoms with Crippen molar-refractivity contribution in [3.8, 4) is 0 Å². The van der Waals surface area contributed by atoms with E-state index in [1.807, 2.05) is 0 Å². The molecule has 0 bridgehead atoms. The van der Waals surface area contributed by atoms with Crippen molar-refractivity contribution in [2.24, 2.45) is 5.41 Å². The van der Waals surface area contributed by atoms with Crippen LogP contribution in [0.3, 0.4) is 0 Å². The molecule has 2 rings (SSSR count). The van der Waals surface area contributed by atoms with Gasteiger partial charge >= 0.3 is 0 Å². The van der Waals surface area contributed by atoms with E-state index in [-0.39, 0.29) is 0 Å². The lowest BCUT2D eigenvalue weighted by Crippen LogP contribution is -2.52. The van der Waals surface area contributed by atoms with E-state index < -0.39 is 0 Å². The summed E-state index contributed by atoms with van der Waals surface area (Å²) in [5.74, 6) is 0. The zero-order valence-electron chi connectivity index (χ0n) is 5.64. The molecular formula is C7H13NO. The fraction of sp³-hybridized carbons (Fsp3) is 1.00. The Balaban J connectivity index is 1.95. The summed E-state index contributed by atoms with van der Waals surface area (Å²) in [4.78, 5) is 0. The van der Waals surface area contributed by atoms with Crippen molar-refractivity contribution < 1.29 is 5.21 Å². The quantitative estimate of drug-likeness (QED) is 0.529. The van der Waals surface area contributed by atoms with E-state index in [2.05, 4.69) is 0 Å². The smallest absolute Gasteiger partial charge is 0.0308 e. The fourth-order valence-corrected chi connectivity index (χ4v) is 2.17. The molecule has 0 aromatic rings. The Kier molecular flexibility index (Phi) is 1.08. The maximum absolute atomic E-state index is 8.91. The Morgan fingerprint density at radius 2 is 1.67 bits per heavy atom. The molecule has 0 radical (unpaired) electrons. The van der Waals surface area contributed by atoms with E-state index in [0.29, 0.717) is 5.41 Å². The number of hydroxylamine groups is 2. The largest absolute Gasteiger partial charge is 0.314 e. The van der Waals surface area contributed by atoms with Gasteiger partial charge in [-0.25, -0.2) is 0 Å². The van der Waals surface area contributed by atoms with Crippen LogP contribution in [0.25, 0.3) is 0 Å². The highest BCUT2D eigenvalue weighted by Crippen LogP contribution is 2.44. The number of hydrogen-bond donors (Lipinski definition) is 1. The van der Waals surface area contributed by atoms with E-state index >= 15 is 0 Å². The monoisotopic (exact) mass is 127 g/mol. The lowest BCUT2D eigenvalue weighted by Gasteiger charge is -2.44. The molecule has 2 nitrogen and oxygen atoms in total. The minimum Gasteiger partial charge on any atom is -0.314 e. The summed E-state index contributed by atoms with van der Waals surface area (Å²) in [7, 11) is 0. The summed E-state index contributed by atoms with van der Waals surface area (Å²) in [5.41, 5.74) is 0.564. The summed E-state index contributed by atoms with van der Waals surface area (Å²) in [6, 6.07) is 0. The fourth-order valence-electron chi connectivity index (χ4n) is 2.17. The van der Waals surface area contributed by atoms with Crippen LogP contribution >= 0.6 is 0 Å². The molecule has 2 fully saturated rings. The van der Waals surface area contributed by atoms with Crippen molar-refractivity contribution in [2.45, 2.75) is 25.7 Å². The van der Waals surface area contributed by atoms with Gasteiger partial charge in [-0.2, -0.15) is 5.06 Å². The normalized spacial score (nSPS) is 33.0. The van der Waals surface area contributed by atoms with Crippen LogP contribution < -0.4 is 0 Å². The van der Waals surface area contributed by atoms with E-state index in [0.717, 1.165) is 13.1 Å². The van der Waals surface area contributed by atoms with Crippen LogP contribution in [-0.4, -0.2) is 23.4 Å². The molecule has 1 aliphatic carbocycles. The molecule has 9 heavy (non-hydrogen) atoms. The van der Waals surface area contributed by atoms with Crippen LogP contribution in [0.5, 0.6) is 0 Å². The van der Waals surface area contributed by atoms with Crippen molar-refractivity contribution in [1.29, 1.82) is 0 Å². The van der Waals surface area contributed by atoms with E-state index in [1.54, 1.807) is 0 Å². The third kappa shape index (κ3) is 0.775. The molecule has 0 atom stereocenters. The average molecular weight is 127 g/mol. The van der Waals surface area contributed by atoms with Gasteiger partial charge in [0.25, 0.3) is 0 Å². The Morgan fingerprint density at radius 3 is 2.11 bits per heavy atom. The Morgan fingerprint density at radius 1 is 1.11 bits per heavy atom. The highest BCUT2D eigenvalue weighted by Gasteiger charge is 2.44. The second-order valence-electron chi connectivity index (χ2n) is 3.53. The zero-order chi connectivity index (χ0) is 6.32. The topological polar surface area (TPSA) is 23.5 Å². The van der Waals surface area contributed by atoms with Crippen LogP contribution in [-0.2, 0) is 0 Å². The molecule has 1 saturated heterocycles. The first kappa shape index (κ1) is 5.69. The molecule has 0 aromatic carbocycles. The van der Waals surface area contributed by atoms with Crippen molar-refractivity contribution >= 4 is 0 Å². The lowest BCUT2D eigenvalue weighted by molar-refractivity contribution is -0.205. The summed E-state index contributed by atoms with van der Waals surface area (Å²) >= 11 is 0. The van der Waals surface area contributed by atoms with Crippen molar-refractivity contribution in [2.75, 3.05) is 13.1 Å². The minimum atomic E-state index is 0.564. The van der Waals surface area contributed by atoms with Gasteiger partial charge in [0.1, 0.15) is 0 Å². The lowest BCUT2D eigenvalue weighted by atomic mass is 9.80. The maximum Gasteiger partial charge on any atom is 0.0308 e. The average Bonchev–Trinajstić information content (AvgIpc) is 2.12. The van der Waals surface area contributed by atoms with Gasteiger partial charge in [0.15, 0.2) is 0 Å². The van der Waals surface area contributed by atoms with E-state index in [9.17, 15) is 0 Å². The first-order chi connectivity index (χ1) is 4.31. The first-order valence-corrected chi connectivity index (χ1v) is 3.75. The molecule has 1 N–H and O–H groups in total. The molecule has 52 valence electrons. The van der Waals surface area contributed by atoms with Gasteiger partial charge in [-0.1, -0.05) is 12.8 Å². The molecule has 1 saturated carbocycles. The Labute approximate surface area is 55.4 Å². The summed E-state index contributed by atoms with van der Waals surface area (Å²) in [6.45, 7) is 1.88. The Bertz CT molecular complexity index is 110. The van der Waals surface area contributed by atoms with Gasteiger partial charge in [0.05, 0.1) is 0 Å². The van der Waals surface area contributed by atoms with Gasteiger partial charge in [0.2, 0.25) is 0 Å². The third-order valence-electron chi connectivity index (χ3n) is 2.70. The second-order valence-corrected chi connectivity index (χ2v) is 3.53. The van der Waals surface area contributed by atoms with Gasteiger partial charge in [-0.15, -0.1) is 0 Å². The molecule has 1 spiro atoms. The molecular weight excluding hydrogens is 114 g/mol. The molecule has 0 unspecified atom stereocenters. The molecule has 2 heteroatoms. The molecule has 0 aromatic heterocycles. The van der Waals surface area contributed by atoms with Gasteiger partial charge in [0, 0.05) is 18.5 Å². The van der Waals surface area contributed by atoms with Gasteiger partial charge in [-0.3, -0.25) is 0 Å². The third-order valence-corrected chi connectivity index (χ3v) is 2.70. The highest BCUT2D eigenvalue weighted by molar-refractivity contribution is 4.94. The van der Waals surface area contributed by atoms with Crippen LogP contribution in [0, 0.1) is 5.41 Å². The van der Waals surface area contributed by atoms with Crippen molar-refractivity contribution in [3.05, 3.63) is 0 Å². The minimum absolute atomic E-state index is 0.564. The maximum atomic E-state index is 8.91. The number of nitrogens with zero attached hydrogens (tertiary/aromatic N) is 1. The van der Waals surface area contributed by atoms with Crippen LogP contribution in [0.15, 0.2) is 0 Å². The first-order valence-electron chi connectivity index (χ1n) is 3.75. The summed E-state index contributed by atoms with van der Waals surface area (Å²) < 4.78 is 0. The van der Waals surface area contributed by atoms with E-state index in [4.69, 9.17) is 5.21 Å². The predicted octanol–water partition coefficient (Wildman–Crippen LogP) is 1.25. The number of hydrogen-bond acceptors (Lipinski definition) is 2. The van der Waals surface area contributed by atoms with E-state index in [1.165, 1.54) is 30.7 Å². The van der Waals surface area contributed by atoms with Crippen molar-refractivity contribution in [1.82, 2.24) is 5.06 Å². The SMILES string of the molecule is ON1CC2(CCCC2)C1. The molecule has 2 aliphatic rings. The molecule has 1 heterocycles. The van der Waals surface area contributed by atoms with Crippen LogP contribution in [0.1, 0.15) is 25.7 Å².